The van der Waals surface area contributed by atoms with Gasteiger partial charge >= 0.3 is 7.60 Å². The molecule has 0 atom stereocenters. The van der Waals surface area contributed by atoms with Gasteiger partial charge < -0.3 is 19.9 Å². The summed E-state index contributed by atoms with van der Waals surface area (Å²) >= 11 is 7.32. The molecule has 4 N–H and O–H groups in total. The molecule has 0 spiro atoms. The van der Waals surface area contributed by atoms with E-state index < -0.39 is 7.60 Å². The van der Waals surface area contributed by atoms with Crippen molar-refractivity contribution in [2.45, 2.75) is 5.16 Å². The summed E-state index contributed by atoms with van der Waals surface area (Å²) in [5.74, 6) is 0.203. The Labute approximate surface area is 175 Å². The number of phenols is 1. The van der Waals surface area contributed by atoms with E-state index in [0.717, 1.165) is 28.5 Å². The van der Waals surface area contributed by atoms with Gasteiger partial charge in [0.25, 0.3) is 0 Å². The summed E-state index contributed by atoms with van der Waals surface area (Å²) in [5, 5.41) is 10.8. The predicted molar refractivity (Wildman–Crippen MR) is 114 cm³/mol. The Morgan fingerprint density at radius 2 is 1.72 bits per heavy atom. The van der Waals surface area contributed by atoms with E-state index >= 15 is 0 Å². The van der Waals surface area contributed by atoms with Gasteiger partial charge in [0.1, 0.15) is 11.2 Å². The van der Waals surface area contributed by atoms with Crippen molar-refractivity contribution in [2.24, 2.45) is 0 Å². The van der Waals surface area contributed by atoms with Gasteiger partial charge in [-0.1, -0.05) is 65.8 Å². The smallest absolute Gasteiger partial charge is 0.335 e. The molecule has 4 aromatic rings. The Morgan fingerprint density at radius 1 is 1.03 bits per heavy atom. The van der Waals surface area contributed by atoms with Gasteiger partial charge in [0.05, 0.1) is 16.2 Å². The molecule has 0 aliphatic heterocycles. The molecular formula is C19H15ClN3O4PS. The van der Waals surface area contributed by atoms with Gasteiger partial charge in [-0.2, -0.15) is 0 Å². The van der Waals surface area contributed by atoms with E-state index in [4.69, 9.17) is 21.4 Å². The Kier molecular flexibility index (Phi) is 5.38. The van der Waals surface area contributed by atoms with Crippen LogP contribution in [0.25, 0.3) is 33.5 Å². The number of aromatic hydroxyl groups is 1. The van der Waals surface area contributed by atoms with Gasteiger partial charge in [-0.25, -0.2) is 9.97 Å². The average Bonchev–Trinajstić information content (AvgIpc) is 3.08. The number of benzene rings is 2. The normalized spacial score (nSPS) is 11.8. The van der Waals surface area contributed by atoms with Crippen molar-refractivity contribution in [3.8, 4) is 28.1 Å². The number of nitrogens with zero attached hydrogens (tertiary/aromatic N) is 2. The zero-order chi connectivity index (χ0) is 20.6. The third kappa shape index (κ3) is 4.47. The van der Waals surface area contributed by atoms with Crippen LogP contribution in [0, 0.1) is 0 Å². The number of para-hydroxylation sites is 1. The number of nitrogens with one attached hydrogen (secondary N) is 1. The zero-order valence-corrected chi connectivity index (χ0v) is 17.2. The lowest BCUT2D eigenvalue weighted by atomic mass is 10.0. The molecule has 148 valence electrons. The average molecular weight is 448 g/mol. The van der Waals surface area contributed by atoms with Gasteiger partial charge in [0.15, 0.2) is 10.8 Å². The summed E-state index contributed by atoms with van der Waals surface area (Å²) in [4.78, 5) is 29.8. The van der Waals surface area contributed by atoms with Crippen molar-refractivity contribution in [2.75, 3.05) is 5.49 Å². The molecule has 0 aliphatic rings. The number of imidazole rings is 1. The van der Waals surface area contributed by atoms with Crippen molar-refractivity contribution in [1.29, 1.82) is 0 Å². The van der Waals surface area contributed by atoms with Crippen molar-refractivity contribution >= 4 is 42.1 Å². The lowest BCUT2D eigenvalue weighted by Gasteiger charge is -2.07. The molecule has 0 aliphatic carbocycles. The SMILES string of the molecule is O=P(O)(O)CSc1nc2nc(-c3ccc(-c4ccccc4O)cc3)c(Cl)cc2[nH]1. The molecule has 2 aromatic carbocycles. The monoisotopic (exact) mass is 447 g/mol. The van der Waals surface area contributed by atoms with Crippen LogP contribution < -0.4 is 0 Å². The van der Waals surface area contributed by atoms with Crippen LogP contribution in [0.15, 0.2) is 59.8 Å². The Balaban J connectivity index is 1.66. The summed E-state index contributed by atoms with van der Waals surface area (Å²) in [6.45, 7) is 0. The number of aromatic nitrogens is 3. The number of rotatable bonds is 5. The quantitative estimate of drug-likeness (QED) is 0.254. The fraction of sp³-hybridized carbons (Fsp3) is 0.0526. The maximum atomic E-state index is 11.0. The molecule has 0 saturated carbocycles. The molecule has 4 rings (SSSR count). The van der Waals surface area contributed by atoms with Crippen LogP contribution >= 0.6 is 31.0 Å². The van der Waals surface area contributed by atoms with E-state index in [1.165, 1.54) is 0 Å². The summed E-state index contributed by atoms with van der Waals surface area (Å²) in [7, 11) is -4.14. The van der Waals surface area contributed by atoms with Crippen LogP contribution in [0.3, 0.4) is 0 Å². The minimum absolute atomic E-state index is 0.203. The molecule has 0 radical (unpaired) electrons. The lowest BCUT2D eigenvalue weighted by Crippen LogP contribution is -1.88. The van der Waals surface area contributed by atoms with Crippen molar-refractivity contribution in [1.82, 2.24) is 15.0 Å². The fourth-order valence-electron chi connectivity index (χ4n) is 2.84. The van der Waals surface area contributed by atoms with Crippen LogP contribution in [0.2, 0.25) is 5.02 Å². The van der Waals surface area contributed by atoms with Crippen LogP contribution in [-0.4, -0.2) is 35.3 Å². The van der Waals surface area contributed by atoms with Crippen LogP contribution in [0.1, 0.15) is 0 Å². The topological polar surface area (TPSA) is 119 Å². The molecule has 0 saturated heterocycles. The molecule has 0 fully saturated rings. The van der Waals surface area contributed by atoms with Gasteiger partial charge in [0.2, 0.25) is 0 Å². The number of fused-ring (bicyclic) bond motifs is 1. The molecule has 29 heavy (non-hydrogen) atoms. The number of halogens is 1. The van der Waals surface area contributed by atoms with Crippen LogP contribution in [-0.2, 0) is 4.57 Å². The zero-order valence-electron chi connectivity index (χ0n) is 14.8. The molecular weight excluding hydrogens is 433 g/mol. The summed E-state index contributed by atoms with van der Waals surface area (Å²) in [6.07, 6.45) is 0. The third-order valence-corrected chi connectivity index (χ3v) is 6.76. The van der Waals surface area contributed by atoms with Crippen LogP contribution in [0.5, 0.6) is 5.75 Å². The maximum Gasteiger partial charge on any atom is 0.335 e. The largest absolute Gasteiger partial charge is 0.507 e. The standard InChI is InChI=1S/C19H15ClN3O4PS/c20-14-9-15-18(23-19(21-15)29-10-28(25,26)27)22-17(14)12-7-5-11(6-8-12)13-3-1-2-4-16(13)24/h1-9,24H,10H2,(H,21,22,23)(H2,25,26,27). The molecule has 0 bridgehead atoms. The number of hydrogen-bond acceptors (Lipinski definition) is 5. The maximum absolute atomic E-state index is 11.0. The first-order valence-corrected chi connectivity index (χ1v) is 11.6. The first kappa shape index (κ1) is 19.9. The second-order valence-electron chi connectivity index (χ2n) is 6.26. The molecule has 2 aromatic heterocycles. The van der Waals surface area contributed by atoms with Gasteiger partial charge in [-0.3, -0.25) is 4.57 Å². The highest BCUT2D eigenvalue weighted by Crippen LogP contribution is 2.41. The molecule has 7 nitrogen and oxygen atoms in total. The predicted octanol–water partition coefficient (Wildman–Crippen LogP) is 4.88. The number of pyridine rings is 1. The number of hydrogen-bond donors (Lipinski definition) is 4. The Morgan fingerprint density at radius 3 is 2.41 bits per heavy atom. The first-order chi connectivity index (χ1) is 13.8. The molecule has 0 amide bonds. The summed E-state index contributed by atoms with van der Waals surface area (Å²) < 4.78 is 11.0. The summed E-state index contributed by atoms with van der Waals surface area (Å²) in [6, 6.07) is 16.2. The van der Waals surface area contributed by atoms with E-state index in [1.54, 1.807) is 18.2 Å². The van der Waals surface area contributed by atoms with E-state index in [2.05, 4.69) is 15.0 Å². The fourth-order valence-corrected chi connectivity index (χ4v) is 4.59. The van der Waals surface area contributed by atoms with Gasteiger partial charge in [0, 0.05) is 11.1 Å². The van der Waals surface area contributed by atoms with E-state index in [-0.39, 0.29) is 11.2 Å². The number of H-pyrrole nitrogens is 1. The lowest BCUT2D eigenvalue weighted by molar-refractivity contribution is 0.379. The van der Waals surface area contributed by atoms with E-state index in [1.807, 2.05) is 36.4 Å². The van der Waals surface area contributed by atoms with Crippen molar-refractivity contribution < 1.29 is 19.5 Å². The number of thioether (sulfide) groups is 1. The minimum Gasteiger partial charge on any atom is -0.507 e. The van der Waals surface area contributed by atoms with Crippen LogP contribution in [0.4, 0.5) is 0 Å². The highest BCUT2D eigenvalue weighted by atomic mass is 35.5. The number of aromatic amines is 1. The van der Waals surface area contributed by atoms with Gasteiger partial charge in [-0.15, -0.1) is 0 Å². The summed E-state index contributed by atoms with van der Waals surface area (Å²) in [5.41, 5.74) is 3.53. The Bertz CT molecular complexity index is 1240. The highest BCUT2D eigenvalue weighted by molar-refractivity contribution is 8.04. The Hall–Kier alpha value is -2.35. The van der Waals surface area contributed by atoms with Crippen molar-refractivity contribution in [3.63, 3.8) is 0 Å². The van der Waals surface area contributed by atoms with E-state index in [9.17, 15) is 9.67 Å². The van der Waals surface area contributed by atoms with Crippen molar-refractivity contribution in [3.05, 3.63) is 59.6 Å². The first-order valence-electron chi connectivity index (χ1n) is 8.42. The minimum atomic E-state index is -4.14. The second kappa shape index (κ2) is 7.82. The molecule has 2 heterocycles. The number of phenolic OH excluding ortho intramolecular Hbond substituents is 1. The molecule has 10 heteroatoms. The highest BCUT2D eigenvalue weighted by Gasteiger charge is 2.17. The second-order valence-corrected chi connectivity index (χ2v) is 9.71. The van der Waals surface area contributed by atoms with Gasteiger partial charge in [-0.05, 0) is 17.7 Å². The molecule has 0 unspecified atom stereocenters. The van der Waals surface area contributed by atoms with E-state index in [0.29, 0.717) is 27.0 Å². The third-order valence-electron chi connectivity index (χ3n) is 4.15.